The third-order valence-corrected chi connectivity index (χ3v) is 11.2. The number of hydrogen-bond donors (Lipinski definition) is 0. The molecule has 0 N–H and O–H groups in total. The van der Waals surface area contributed by atoms with E-state index in [2.05, 4.69) is 173 Å². The van der Waals surface area contributed by atoms with E-state index < -0.39 is 0 Å². The number of aromatic nitrogens is 1. The third-order valence-electron chi connectivity index (χ3n) is 10.1. The van der Waals surface area contributed by atoms with Crippen LogP contribution in [0.1, 0.15) is 0 Å². The van der Waals surface area contributed by atoms with Crippen molar-refractivity contribution in [3.63, 3.8) is 0 Å². The summed E-state index contributed by atoms with van der Waals surface area (Å²) in [4.78, 5) is 2.41. The Morgan fingerprint density at radius 2 is 1.06 bits per heavy atom. The Labute approximate surface area is 304 Å². The Morgan fingerprint density at radius 3 is 1.88 bits per heavy atom. The minimum atomic E-state index is -0.237. The molecular weight excluding hydrogens is 656 g/mol. The first-order valence-corrected chi connectivity index (χ1v) is 18.3. The summed E-state index contributed by atoms with van der Waals surface area (Å²) in [5, 5.41) is 4.93. The smallest absolute Gasteiger partial charge is 0.123 e. The van der Waals surface area contributed by atoms with Crippen LogP contribution in [0.2, 0.25) is 0 Å². The van der Waals surface area contributed by atoms with Gasteiger partial charge in [-0.1, -0.05) is 109 Å². The number of rotatable bonds is 6. The molecule has 0 unspecified atom stereocenters. The van der Waals surface area contributed by atoms with E-state index >= 15 is 0 Å². The topological polar surface area (TPSA) is 8.17 Å². The highest BCUT2D eigenvalue weighted by atomic mass is 32.1. The van der Waals surface area contributed by atoms with E-state index in [-0.39, 0.29) is 5.82 Å². The molecule has 0 saturated carbocycles. The van der Waals surface area contributed by atoms with Crippen LogP contribution >= 0.6 is 11.3 Å². The first-order chi connectivity index (χ1) is 25.7. The quantitative estimate of drug-likeness (QED) is 0.169. The second-order valence-corrected chi connectivity index (χ2v) is 14.2. The minimum Gasteiger partial charge on any atom is -0.309 e. The Hall–Kier alpha value is -6.49. The van der Waals surface area contributed by atoms with Gasteiger partial charge >= 0.3 is 0 Å². The number of nitrogens with zero attached hydrogens (tertiary/aromatic N) is 2. The average Bonchev–Trinajstić information content (AvgIpc) is 3.75. The molecule has 4 heteroatoms. The fourth-order valence-corrected chi connectivity index (χ4v) is 8.79. The molecule has 10 aromatic rings. The van der Waals surface area contributed by atoms with E-state index in [9.17, 15) is 4.39 Å². The second-order valence-electron chi connectivity index (χ2n) is 13.1. The maximum Gasteiger partial charge on any atom is 0.123 e. The normalized spacial score (nSPS) is 11.6. The van der Waals surface area contributed by atoms with Crippen molar-refractivity contribution in [3.05, 3.63) is 194 Å². The molecule has 2 heterocycles. The molecule has 0 spiro atoms. The van der Waals surface area contributed by atoms with Gasteiger partial charge in [-0.25, -0.2) is 4.39 Å². The molecule has 0 aliphatic carbocycles. The molecular formula is C48H31FN2S. The Morgan fingerprint density at radius 1 is 0.442 bits per heavy atom. The van der Waals surface area contributed by atoms with Gasteiger partial charge < -0.3 is 9.47 Å². The zero-order chi connectivity index (χ0) is 34.6. The van der Waals surface area contributed by atoms with Crippen molar-refractivity contribution in [2.75, 3.05) is 4.90 Å². The molecule has 0 fully saturated rings. The van der Waals surface area contributed by atoms with Crippen LogP contribution in [-0.2, 0) is 0 Å². The van der Waals surface area contributed by atoms with Crippen molar-refractivity contribution in [2.24, 2.45) is 0 Å². The molecule has 246 valence electrons. The first kappa shape index (κ1) is 30.3. The predicted octanol–water partition coefficient (Wildman–Crippen LogP) is 14.1. The van der Waals surface area contributed by atoms with Crippen molar-refractivity contribution in [3.8, 4) is 27.9 Å². The summed E-state index contributed by atoms with van der Waals surface area (Å²) in [6.45, 7) is 0. The average molecular weight is 687 g/mol. The summed E-state index contributed by atoms with van der Waals surface area (Å²) in [5.74, 6) is -0.237. The Kier molecular flexibility index (Phi) is 7.22. The van der Waals surface area contributed by atoms with Crippen LogP contribution in [0.25, 0.3) is 69.9 Å². The lowest BCUT2D eigenvalue weighted by Gasteiger charge is -2.29. The maximum atomic E-state index is 13.8. The highest BCUT2D eigenvalue weighted by Crippen LogP contribution is 2.47. The Balaban J connectivity index is 1.23. The van der Waals surface area contributed by atoms with Gasteiger partial charge in [0.25, 0.3) is 0 Å². The molecule has 0 bridgehead atoms. The monoisotopic (exact) mass is 686 g/mol. The van der Waals surface area contributed by atoms with E-state index in [0.29, 0.717) is 0 Å². The van der Waals surface area contributed by atoms with Crippen LogP contribution in [0.4, 0.5) is 21.5 Å². The van der Waals surface area contributed by atoms with Gasteiger partial charge in [0.2, 0.25) is 0 Å². The number of hydrogen-bond acceptors (Lipinski definition) is 2. The number of fused-ring (bicyclic) bond motifs is 6. The SMILES string of the molecule is Fc1ccc(-c2ccc(N(c3ccccc3-c3ccc4sc5ccccc5c4c3)c3cccc4c3c3ccccc3n4-c3ccccc3)cc2)cc1. The van der Waals surface area contributed by atoms with Gasteiger partial charge in [-0.2, -0.15) is 0 Å². The van der Waals surface area contributed by atoms with Crippen molar-refractivity contribution in [1.29, 1.82) is 0 Å². The molecule has 8 aromatic carbocycles. The summed E-state index contributed by atoms with van der Waals surface area (Å²) >= 11 is 1.84. The molecule has 10 rings (SSSR count). The zero-order valence-corrected chi connectivity index (χ0v) is 28.9. The molecule has 0 atom stereocenters. The third kappa shape index (κ3) is 4.99. The van der Waals surface area contributed by atoms with Gasteiger partial charge in [-0.05, 0) is 95.6 Å². The number of benzene rings is 8. The van der Waals surface area contributed by atoms with Gasteiger partial charge in [0, 0.05) is 47.9 Å². The highest BCUT2D eigenvalue weighted by molar-refractivity contribution is 7.25. The fourth-order valence-electron chi connectivity index (χ4n) is 7.70. The molecule has 0 aliphatic heterocycles. The highest BCUT2D eigenvalue weighted by Gasteiger charge is 2.23. The minimum absolute atomic E-state index is 0.237. The summed E-state index contributed by atoms with van der Waals surface area (Å²) in [6, 6.07) is 65.5. The molecule has 2 aromatic heterocycles. The maximum absolute atomic E-state index is 13.8. The Bertz CT molecular complexity index is 2900. The molecule has 52 heavy (non-hydrogen) atoms. The number of anilines is 3. The van der Waals surface area contributed by atoms with Gasteiger partial charge in [0.15, 0.2) is 0 Å². The second kappa shape index (κ2) is 12.4. The van der Waals surface area contributed by atoms with Crippen LogP contribution in [0.3, 0.4) is 0 Å². The molecule has 0 radical (unpaired) electrons. The van der Waals surface area contributed by atoms with Crippen molar-refractivity contribution in [2.45, 2.75) is 0 Å². The predicted molar refractivity (Wildman–Crippen MR) is 219 cm³/mol. The van der Waals surface area contributed by atoms with E-state index in [4.69, 9.17) is 0 Å². The summed E-state index contributed by atoms with van der Waals surface area (Å²) in [7, 11) is 0. The lowest BCUT2D eigenvalue weighted by Crippen LogP contribution is -2.11. The van der Waals surface area contributed by atoms with Gasteiger partial charge in [0.05, 0.1) is 22.4 Å². The number of halogens is 1. The van der Waals surface area contributed by atoms with Gasteiger partial charge in [0.1, 0.15) is 5.82 Å². The first-order valence-electron chi connectivity index (χ1n) is 17.5. The van der Waals surface area contributed by atoms with Crippen LogP contribution in [0, 0.1) is 5.82 Å². The van der Waals surface area contributed by atoms with E-state index in [1.165, 1.54) is 48.6 Å². The van der Waals surface area contributed by atoms with Crippen LogP contribution < -0.4 is 4.90 Å². The lowest BCUT2D eigenvalue weighted by atomic mass is 9.98. The van der Waals surface area contributed by atoms with Gasteiger partial charge in [-0.15, -0.1) is 11.3 Å². The number of thiophene rings is 1. The van der Waals surface area contributed by atoms with E-state index in [0.717, 1.165) is 50.5 Å². The van der Waals surface area contributed by atoms with Gasteiger partial charge in [-0.3, -0.25) is 0 Å². The summed E-state index contributed by atoms with van der Waals surface area (Å²) in [5.41, 5.74) is 10.9. The summed E-state index contributed by atoms with van der Waals surface area (Å²) in [6.07, 6.45) is 0. The van der Waals surface area contributed by atoms with E-state index in [1.807, 2.05) is 23.5 Å². The molecule has 0 amide bonds. The van der Waals surface area contributed by atoms with Crippen molar-refractivity contribution in [1.82, 2.24) is 4.57 Å². The van der Waals surface area contributed by atoms with Crippen LogP contribution in [0.15, 0.2) is 188 Å². The molecule has 0 aliphatic rings. The van der Waals surface area contributed by atoms with Crippen molar-refractivity contribution >= 4 is 70.4 Å². The van der Waals surface area contributed by atoms with Crippen LogP contribution in [-0.4, -0.2) is 4.57 Å². The standard InChI is InChI=1S/C48H31FN2S/c49-35-26-21-32(22-27-35)33-23-28-37(29-24-33)51(42-16-7-4-13-38(42)34-25-30-47-41(31-34)39-14-6-9-20-46(39)52-47)45-19-10-18-44-48(45)40-15-5-8-17-43(40)50(44)36-11-2-1-3-12-36/h1-31H. The van der Waals surface area contributed by atoms with Crippen LogP contribution in [0.5, 0.6) is 0 Å². The molecule has 2 nitrogen and oxygen atoms in total. The largest absolute Gasteiger partial charge is 0.309 e. The van der Waals surface area contributed by atoms with E-state index in [1.54, 1.807) is 0 Å². The number of para-hydroxylation sites is 3. The summed E-state index contributed by atoms with van der Waals surface area (Å²) < 4.78 is 18.8. The molecule has 0 saturated heterocycles. The lowest BCUT2D eigenvalue weighted by molar-refractivity contribution is 0.628. The van der Waals surface area contributed by atoms with Crippen molar-refractivity contribution < 1.29 is 4.39 Å². The zero-order valence-electron chi connectivity index (χ0n) is 28.1. The fraction of sp³-hybridized carbons (Fsp3) is 0.